The van der Waals surface area contributed by atoms with E-state index in [1.807, 2.05) is 38.1 Å². The van der Waals surface area contributed by atoms with Crippen LogP contribution in [0.1, 0.15) is 18.2 Å². The molecule has 0 aliphatic carbocycles. The quantitative estimate of drug-likeness (QED) is 0.376. The van der Waals surface area contributed by atoms with Gasteiger partial charge in [-0.05, 0) is 26.0 Å². The SMILES string of the molecule is CCNC(=NCc1coc(-c2ccc(C)cc2)n1)NCCN1C(=O)CNC1=O. The molecule has 1 aliphatic rings. The van der Waals surface area contributed by atoms with E-state index in [1.54, 1.807) is 6.26 Å². The molecule has 0 bridgehead atoms. The summed E-state index contributed by atoms with van der Waals surface area (Å²) in [5.74, 6) is 0.913. The average molecular weight is 384 g/mol. The molecule has 0 saturated carbocycles. The van der Waals surface area contributed by atoms with Gasteiger partial charge in [0.05, 0.1) is 13.1 Å². The molecule has 3 rings (SSSR count). The first-order chi connectivity index (χ1) is 13.6. The number of urea groups is 1. The highest BCUT2D eigenvalue weighted by atomic mass is 16.3. The van der Waals surface area contributed by atoms with Gasteiger partial charge < -0.3 is 20.4 Å². The highest BCUT2D eigenvalue weighted by Crippen LogP contribution is 2.19. The van der Waals surface area contributed by atoms with Crippen molar-refractivity contribution in [3.8, 4) is 11.5 Å². The van der Waals surface area contributed by atoms with Crippen LogP contribution in [-0.2, 0) is 11.3 Å². The molecule has 1 aromatic heterocycles. The molecule has 0 radical (unpaired) electrons. The summed E-state index contributed by atoms with van der Waals surface area (Å²) in [6.45, 7) is 5.74. The number of nitrogens with zero attached hydrogens (tertiary/aromatic N) is 3. The fraction of sp³-hybridized carbons (Fsp3) is 0.368. The van der Waals surface area contributed by atoms with Gasteiger partial charge in [-0.15, -0.1) is 0 Å². The number of imide groups is 1. The second-order valence-electron chi connectivity index (χ2n) is 6.34. The number of nitrogens with one attached hydrogen (secondary N) is 3. The van der Waals surface area contributed by atoms with Crippen molar-refractivity contribution < 1.29 is 14.0 Å². The summed E-state index contributed by atoms with van der Waals surface area (Å²) in [6.07, 6.45) is 1.59. The highest BCUT2D eigenvalue weighted by Gasteiger charge is 2.27. The summed E-state index contributed by atoms with van der Waals surface area (Å²) in [4.78, 5) is 33.2. The van der Waals surface area contributed by atoms with E-state index >= 15 is 0 Å². The molecule has 9 heteroatoms. The zero-order chi connectivity index (χ0) is 19.9. The molecule has 0 spiro atoms. The molecule has 2 aromatic rings. The van der Waals surface area contributed by atoms with Crippen molar-refractivity contribution in [1.29, 1.82) is 0 Å². The highest BCUT2D eigenvalue weighted by molar-refractivity contribution is 6.01. The Labute approximate surface area is 163 Å². The van der Waals surface area contributed by atoms with Crippen LogP contribution in [0.5, 0.6) is 0 Å². The topological polar surface area (TPSA) is 112 Å². The molecule has 1 aromatic carbocycles. The molecule has 2 heterocycles. The van der Waals surface area contributed by atoms with Crippen LogP contribution in [0.15, 0.2) is 39.9 Å². The van der Waals surface area contributed by atoms with Crippen molar-refractivity contribution in [3.63, 3.8) is 0 Å². The van der Waals surface area contributed by atoms with Crippen LogP contribution in [0.4, 0.5) is 4.79 Å². The monoisotopic (exact) mass is 384 g/mol. The van der Waals surface area contributed by atoms with Gasteiger partial charge in [-0.2, -0.15) is 0 Å². The first-order valence-electron chi connectivity index (χ1n) is 9.18. The van der Waals surface area contributed by atoms with Crippen molar-refractivity contribution in [2.75, 3.05) is 26.2 Å². The van der Waals surface area contributed by atoms with E-state index in [1.165, 1.54) is 10.5 Å². The third-order valence-electron chi connectivity index (χ3n) is 4.16. The summed E-state index contributed by atoms with van der Waals surface area (Å²) in [6, 6.07) is 7.59. The number of aliphatic imine (C=N–C) groups is 1. The molecule has 3 amide bonds. The summed E-state index contributed by atoms with van der Waals surface area (Å²) in [5, 5.41) is 8.73. The van der Waals surface area contributed by atoms with Gasteiger partial charge in [0, 0.05) is 25.2 Å². The van der Waals surface area contributed by atoms with E-state index in [0.29, 0.717) is 37.2 Å². The van der Waals surface area contributed by atoms with Crippen molar-refractivity contribution >= 4 is 17.9 Å². The Morgan fingerprint density at radius 2 is 2.07 bits per heavy atom. The normalized spacial score (nSPS) is 14.4. The fourth-order valence-electron chi connectivity index (χ4n) is 2.68. The Kier molecular flexibility index (Phi) is 6.25. The van der Waals surface area contributed by atoms with Gasteiger partial charge in [-0.1, -0.05) is 17.7 Å². The van der Waals surface area contributed by atoms with E-state index in [2.05, 4.69) is 25.9 Å². The van der Waals surface area contributed by atoms with Crippen LogP contribution >= 0.6 is 0 Å². The third kappa shape index (κ3) is 4.87. The molecular formula is C19H24N6O3. The third-order valence-corrected chi connectivity index (χ3v) is 4.16. The maximum Gasteiger partial charge on any atom is 0.324 e. The number of rotatable bonds is 7. The minimum atomic E-state index is -0.361. The number of carbonyl (C=O) groups excluding carboxylic acids is 2. The number of oxazole rings is 1. The summed E-state index contributed by atoms with van der Waals surface area (Å²) in [5.41, 5.74) is 2.80. The molecule has 148 valence electrons. The van der Waals surface area contributed by atoms with Gasteiger partial charge in [0.15, 0.2) is 5.96 Å². The zero-order valence-electron chi connectivity index (χ0n) is 16.0. The van der Waals surface area contributed by atoms with Crippen molar-refractivity contribution in [2.24, 2.45) is 4.99 Å². The Morgan fingerprint density at radius 1 is 1.29 bits per heavy atom. The molecule has 1 aliphatic heterocycles. The lowest BCUT2D eigenvalue weighted by molar-refractivity contribution is -0.124. The van der Waals surface area contributed by atoms with Crippen LogP contribution in [0.3, 0.4) is 0 Å². The van der Waals surface area contributed by atoms with Crippen molar-refractivity contribution in [1.82, 2.24) is 25.8 Å². The number of hydrogen-bond donors (Lipinski definition) is 3. The molecule has 9 nitrogen and oxygen atoms in total. The molecule has 1 fully saturated rings. The zero-order valence-corrected chi connectivity index (χ0v) is 16.0. The number of carbonyl (C=O) groups is 2. The Hall–Kier alpha value is -3.36. The maximum absolute atomic E-state index is 11.6. The standard InChI is InChI=1S/C19H24N6O3/c1-3-20-18(21-8-9-25-16(26)11-23-19(25)27)22-10-15-12-28-17(24-15)14-6-4-13(2)5-7-14/h4-7,12H,3,8-11H2,1-2H3,(H,23,27)(H2,20,21,22). The van der Waals surface area contributed by atoms with Crippen molar-refractivity contribution in [3.05, 3.63) is 41.8 Å². The molecule has 0 atom stereocenters. The minimum absolute atomic E-state index is 0.0580. The van der Waals surface area contributed by atoms with Crippen molar-refractivity contribution in [2.45, 2.75) is 20.4 Å². The largest absolute Gasteiger partial charge is 0.444 e. The molecule has 1 saturated heterocycles. The van der Waals surface area contributed by atoms with E-state index in [9.17, 15) is 9.59 Å². The van der Waals surface area contributed by atoms with E-state index in [-0.39, 0.29) is 25.0 Å². The van der Waals surface area contributed by atoms with E-state index in [4.69, 9.17) is 4.42 Å². The lowest BCUT2D eigenvalue weighted by atomic mass is 10.1. The lowest BCUT2D eigenvalue weighted by Gasteiger charge is -2.15. The number of aryl methyl sites for hydroxylation is 1. The number of benzene rings is 1. The Bertz CT molecular complexity index is 843. The van der Waals surface area contributed by atoms with Crippen LogP contribution in [-0.4, -0.2) is 54.0 Å². The minimum Gasteiger partial charge on any atom is -0.444 e. The number of amides is 3. The fourth-order valence-corrected chi connectivity index (χ4v) is 2.68. The summed E-state index contributed by atoms with van der Waals surface area (Å²) in [7, 11) is 0. The molecule has 3 N–H and O–H groups in total. The first kappa shape index (κ1) is 19.4. The van der Waals surface area contributed by atoms with Crippen LogP contribution in [0.25, 0.3) is 11.5 Å². The van der Waals surface area contributed by atoms with Crippen LogP contribution < -0.4 is 16.0 Å². The summed E-state index contributed by atoms with van der Waals surface area (Å²) < 4.78 is 5.55. The Morgan fingerprint density at radius 3 is 2.75 bits per heavy atom. The molecule has 28 heavy (non-hydrogen) atoms. The smallest absolute Gasteiger partial charge is 0.324 e. The second kappa shape index (κ2) is 9.03. The molecule has 0 unspecified atom stereocenters. The van der Waals surface area contributed by atoms with Gasteiger partial charge in [0.1, 0.15) is 12.0 Å². The first-order valence-corrected chi connectivity index (χ1v) is 9.18. The summed E-state index contributed by atoms with van der Waals surface area (Å²) >= 11 is 0. The van der Waals surface area contributed by atoms with Gasteiger partial charge in [0.25, 0.3) is 0 Å². The van der Waals surface area contributed by atoms with E-state index in [0.717, 1.165) is 5.56 Å². The average Bonchev–Trinajstić information content (AvgIpc) is 3.28. The predicted molar refractivity (Wildman–Crippen MR) is 105 cm³/mol. The molecular weight excluding hydrogens is 360 g/mol. The lowest BCUT2D eigenvalue weighted by Crippen LogP contribution is -2.43. The second-order valence-corrected chi connectivity index (χ2v) is 6.34. The van der Waals surface area contributed by atoms with Gasteiger partial charge in [-0.25, -0.2) is 14.8 Å². The van der Waals surface area contributed by atoms with Crippen LogP contribution in [0, 0.1) is 6.92 Å². The predicted octanol–water partition coefficient (Wildman–Crippen LogP) is 1.26. The van der Waals surface area contributed by atoms with Crippen LogP contribution in [0.2, 0.25) is 0 Å². The van der Waals surface area contributed by atoms with Gasteiger partial charge in [-0.3, -0.25) is 9.69 Å². The Balaban J connectivity index is 1.56. The van der Waals surface area contributed by atoms with Gasteiger partial charge >= 0.3 is 6.03 Å². The maximum atomic E-state index is 11.6. The number of hydrogen-bond acceptors (Lipinski definition) is 5. The number of aromatic nitrogens is 1. The van der Waals surface area contributed by atoms with E-state index < -0.39 is 0 Å². The number of guanidine groups is 1. The van der Waals surface area contributed by atoms with Gasteiger partial charge in [0.2, 0.25) is 11.8 Å².